The van der Waals surface area contributed by atoms with E-state index in [-0.39, 0.29) is 9.92 Å². The lowest BCUT2D eigenvalue weighted by Crippen LogP contribution is -2.12. The summed E-state index contributed by atoms with van der Waals surface area (Å²) in [4.78, 5) is 10.9. The van der Waals surface area contributed by atoms with Crippen LogP contribution in [0.3, 0.4) is 0 Å². The number of hydrogen-bond donors (Lipinski definition) is 1. The predicted molar refractivity (Wildman–Crippen MR) is 64.5 cm³/mol. The van der Waals surface area contributed by atoms with Crippen molar-refractivity contribution in [3.8, 4) is 0 Å². The van der Waals surface area contributed by atoms with Crippen molar-refractivity contribution in [2.45, 2.75) is 9.92 Å². The molecule has 0 bridgehead atoms. The summed E-state index contributed by atoms with van der Waals surface area (Å²) < 4.78 is 24.8. The molecule has 0 radical (unpaired) electrons. The number of rotatable bonds is 2. The fourth-order valence-corrected chi connectivity index (χ4v) is 3.40. The number of sulfone groups is 1. The van der Waals surface area contributed by atoms with E-state index < -0.39 is 15.4 Å². The van der Waals surface area contributed by atoms with Crippen molar-refractivity contribution < 1.29 is 8.42 Å². The summed E-state index contributed by atoms with van der Waals surface area (Å²) in [5, 5.41) is 5.43. The van der Waals surface area contributed by atoms with E-state index in [9.17, 15) is 13.2 Å². The van der Waals surface area contributed by atoms with Crippen LogP contribution in [0, 0.1) is 0 Å². The molecule has 2 rings (SSSR count). The molecule has 0 atom stereocenters. The van der Waals surface area contributed by atoms with Gasteiger partial charge in [0.2, 0.25) is 9.84 Å². The molecule has 0 spiro atoms. The normalized spacial score (nSPS) is 11.4. The number of hydrogen-bond acceptors (Lipinski definition) is 4. The smallest absolute Gasteiger partial charge is 0.264 e. The summed E-state index contributed by atoms with van der Waals surface area (Å²) in [6, 6.07) is 8.71. The first-order valence-corrected chi connectivity index (χ1v) is 6.85. The van der Waals surface area contributed by atoms with E-state index in [1.165, 1.54) is 12.1 Å². The number of H-pyrrole nitrogens is 1. The molecule has 0 aliphatic carbocycles. The Morgan fingerprint density at radius 2 is 1.82 bits per heavy atom. The summed E-state index contributed by atoms with van der Waals surface area (Å²) in [5.74, 6) is 0. The Hall–Kier alpha value is -1.47. The third-order valence-corrected chi connectivity index (χ3v) is 4.72. The molecule has 0 saturated carbocycles. The van der Waals surface area contributed by atoms with Crippen LogP contribution in [0.1, 0.15) is 0 Å². The summed E-state index contributed by atoms with van der Waals surface area (Å²) >= 11 is 3.16. The van der Waals surface area contributed by atoms with Crippen molar-refractivity contribution in [1.82, 2.24) is 10.2 Å². The molecule has 0 aliphatic heterocycles. The zero-order valence-corrected chi connectivity index (χ0v) is 10.8. The number of benzene rings is 1. The molecule has 1 aromatic carbocycles. The standard InChI is InChI=1S/C10H7BrN2O3S/c11-7-3-1-2-4-8(7)17(15,16)10-6-5-9(14)12-13-10/h1-6H,(H,12,14). The van der Waals surface area contributed by atoms with E-state index in [0.717, 1.165) is 6.07 Å². The molecule has 2 aromatic rings. The maximum Gasteiger partial charge on any atom is 0.264 e. The average molecular weight is 315 g/mol. The van der Waals surface area contributed by atoms with E-state index in [1.54, 1.807) is 18.2 Å². The average Bonchev–Trinajstić information content (AvgIpc) is 2.30. The molecular weight excluding hydrogens is 308 g/mol. The summed E-state index contributed by atoms with van der Waals surface area (Å²) in [5.41, 5.74) is -0.448. The highest BCUT2D eigenvalue weighted by Gasteiger charge is 2.21. The monoisotopic (exact) mass is 314 g/mol. The van der Waals surface area contributed by atoms with E-state index in [4.69, 9.17) is 0 Å². The van der Waals surface area contributed by atoms with Gasteiger partial charge in [0.05, 0.1) is 4.90 Å². The van der Waals surface area contributed by atoms with Crippen molar-refractivity contribution in [3.63, 3.8) is 0 Å². The van der Waals surface area contributed by atoms with Gasteiger partial charge in [-0.2, -0.15) is 5.10 Å². The molecule has 0 amide bonds. The van der Waals surface area contributed by atoms with E-state index in [2.05, 4.69) is 26.1 Å². The Bertz CT molecular complexity index is 689. The predicted octanol–water partition coefficient (Wildman–Crippen LogP) is 1.37. The fraction of sp³-hybridized carbons (Fsp3) is 0. The van der Waals surface area contributed by atoms with Crippen molar-refractivity contribution in [1.29, 1.82) is 0 Å². The van der Waals surface area contributed by atoms with Crippen molar-refractivity contribution in [2.75, 3.05) is 0 Å². The minimum absolute atomic E-state index is 0.111. The number of nitrogens with one attached hydrogen (secondary N) is 1. The highest BCUT2D eigenvalue weighted by atomic mass is 79.9. The van der Waals surface area contributed by atoms with Gasteiger partial charge in [-0.1, -0.05) is 12.1 Å². The van der Waals surface area contributed by atoms with E-state index in [0.29, 0.717) is 4.47 Å². The molecule has 88 valence electrons. The van der Waals surface area contributed by atoms with E-state index in [1.807, 2.05) is 0 Å². The summed E-state index contributed by atoms with van der Waals surface area (Å²) in [6.07, 6.45) is 0. The lowest BCUT2D eigenvalue weighted by Gasteiger charge is -2.04. The van der Waals surface area contributed by atoms with E-state index >= 15 is 0 Å². The van der Waals surface area contributed by atoms with Gasteiger partial charge in [-0.25, -0.2) is 13.5 Å². The topological polar surface area (TPSA) is 79.9 Å². The number of halogens is 1. The minimum Gasteiger partial charge on any atom is -0.268 e. The first-order chi connectivity index (χ1) is 8.01. The molecule has 17 heavy (non-hydrogen) atoms. The molecular formula is C10H7BrN2O3S. The van der Waals surface area contributed by atoms with Crippen molar-refractivity contribution in [2.24, 2.45) is 0 Å². The molecule has 5 nitrogen and oxygen atoms in total. The number of aromatic nitrogens is 2. The quantitative estimate of drug-likeness (QED) is 0.907. The molecule has 0 saturated heterocycles. The van der Waals surface area contributed by atoms with Crippen LogP contribution in [-0.4, -0.2) is 18.6 Å². The molecule has 7 heteroatoms. The fourth-order valence-electron chi connectivity index (χ4n) is 1.26. The number of nitrogens with zero attached hydrogens (tertiary/aromatic N) is 1. The third-order valence-electron chi connectivity index (χ3n) is 2.06. The molecule has 1 aromatic heterocycles. The molecule has 0 aliphatic rings. The van der Waals surface area contributed by atoms with Crippen LogP contribution in [0.5, 0.6) is 0 Å². The van der Waals surface area contributed by atoms with Gasteiger partial charge >= 0.3 is 0 Å². The van der Waals surface area contributed by atoms with Gasteiger partial charge < -0.3 is 0 Å². The van der Waals surface area contributed by atoms with Gasteiger partial charge in [0.15, 0.2) is 5.03 Å². The SMILES string of the molecule is O=c1ccc(S(=O)(=O)c2ccccc2Br)n[nH]1. The maximum absolute atomic E-state index is 12.2. The Morgan fingerprint density at radius 1 is 1.12 bits per heavy atom. The summed E-state index contributed by atoms with van der Waals surface area (Å²) in [7, 11) is -3.71. The van der Waals surface area contributed by atoms with Crippen LogP contribution in [0.4, 0.5) is 0 Å². The van der Waals surface area contributed by atoms with Crippen LogP contribution in [-0.2, 0) is 9.84 Å². The van der Waals surface area contributed by atoms with Gasteiger partial charge in [-0.3, -0.25) is 4.79 Å². The van der Waals surface area contributed by atoms with Crippen LogP contribution < -0.4 is 5.56 Å². The Morgan fingerprint density at radius 3 is 2.41 bits per heavy atom. The Kier molecular flexibility index (Phi) is 3.12. The zero-order chi connectivity index (χ0) is 12.5. The van der Waals surface area contributed by atoms with Crippen LogP contribution in [0.25, 0.3) is 0 Å². The molecule has 0 fully saturated rings. The highest BCUT2D eigenvalue weighted by Crippen LogP contribution is 2.25. The highest BCUT2D eigenvalue weighted by molar-refractivity contribution is 9.10. The first kappa shape index (κ1) is 12.0. The lowest BCUT2D eigenvalue weighted by molar-refractivity contribution is 0.589. The first-order valence-electron chi connectivity index (χ1n) is 4.57. The van der Waals surface area contributed by atoms with Gasteiger partial charge in [0.1, 0.15) is 0 Å². The van der Waals surface area contributed by atoms with Gasteiger partial charge in [-0.05, 0) is 34.1 Å². The Balaban J connectivity index is 2.62. The molecule has 0 unspecified atom stereocenters. The van der Waals surface area contributed by atoms with Crippen molar-refractivity contribution in [3.05, 3.63) is 51.2 Å². The largest absolute Gasteiger partial charge is 0.268 e. The lowest BCUT2D eigenvalue weighted by atomic mass is 10.4. The van der Waals surface area contributed by atoms with Gasteiger partial charge in [0, 0.05) is 10.5 Å². The second-order valence-electron chi connectivity index (χ2n) is 3.19. The second kappa shape index (κ2) is 4.42. The Labute approximate surface area is 106 Å². The summed E-state index contributed by atoms with van der Waals surface area (Å²) in [6.45, 7) is 0. The molecule has 1 N–H and O–H groups in total. The zero-order valence-electron chi connectivity index (χ0n) is 8.42. The van der Waals surface area contributed by atoms with Gasteiger partial charge in [0.25, 0.3) is 5.56 Å². The second-order valence-corrected chi connectivity index (χ2v) is 5.91. The van der Waals surface area contributed by atoms with Crippen LogP contribution >= 0.6 is 15.9 Å². The third kappa shape index (κ3) is 2.29. The van der Waals surface area contributed by atoms with Gasteiger partial charge in [-0.15, -0.1) is 0 Å². The van der Waals surface area contributed by atoms with Crippen LogP contribution in [0.2, 0.25) is 0 Å². The van der Waals surface area contributed by atoms with Crippen molar-refractivity contribution >= 4 is 25.8 Å². The minimum atomic E-state index is -3.71. The maximum atomic E-state index is 12.2. The van der Waals surface area contributed by atoms with Crippen LogP contribution in [0.15, 0.2) is 55.6 Å². The molecule has 1 heterocycles. The number of aromatic amines is 1.